The molecule has 3 nitrogen and oxygen atoms in total. The molecule has 3 aromatic rings. The number of nitrogens with one attached hydrogen (secondary N) is 1. The maximum absolute atomic E-state index is 12.8. The largest absolute Gasteiger partial charge is 0.352 e. The standard InChI is InChI=1S/C27H28N2O/c1-29(2)17-18-11-13-19(14-12-18)27(30)28-16-20-15-25-21-7-3-5-9-23(21)26(20)24-10-6-4-8-22(24)25/h3-14,20,25-26H,15-17H2,1-2H3,(H,28,30). The van der Waals surface area contributed by atoms with Gasteiger partial charge in [-0.25, -0.2) is 0 Å². The van der Waals surface area contributed by atoms with Crippen molar-refractivity contribution in [3.63, 3.8) is 0 Å². The molecule has 1 amide bonds. The van der Waals surface area contributed by atoms with Crippen LogP contribution in [0.2, 0.25) is 0 Å². The van der Waals surface area contributed by atoms with E-state index in [1.807, 2.05) is 24.3 Å². The molecule has 0 fully saturated rings. The van der Waals surface area contributed by atoms with Gasteiger partial charge in [-0.05, 0) is 66.4 Å². The van der Waals surface area contributed by atoms with Crippen LogP contribution in [0.25, 0.3) is 0 Å². The Labute approximate surface area is 178 Å². The molecule has 0 radical (unpaired) electrons. The third-order valence-electron chi connectivity index (χ3n) is 6.66. The molecule has 3 aliphatic carbocycles. The number of hydrogen-bond donors (Lipinski definition) is 1. The summed E-state index contributed by atoms with van der Waals surface area (Å²) in [4.78, 5) is 14.9. The van der Waals surface area contributed by atoms with E-state index < -0.39 is 0 Å². The van der Waals surface area contributed by atoms with E-state index in [-0.39, 0.29) is 5.91 Å². The van der Waals surface area contributed by atoms with Crippen molar-refractivity contribution in [2.24, 2.45) is 5.92 Å². The van der Waals surface area contributed by atoms with Crippen molar-refractivity contribution in [3.05, 3.63) is 106 Å². The van der Waals surface area contributed by atoms with Gasteiger partial charge in [-0.15, -0.1) is 0 Å². The molecule has 0 aromatic heterocycles. The summed E-state index contributed by atoms with van der Waals surface area (Å²) < 4.78 is 0. The third kappa shape index (κ3) is 3.33. The zero-order chi connectivity index (χ0) is 20.7. The second-order valence-electron chi connectivity index (χ2n) is 8.93. The van der Waals surface area contributed by atoms with Crippen LogP contribution < -0.4 is 5.32 Å². The van der Waals surface area contributed by atoms with Crippen molar-refractivity contribution in [1.82, 2.24) is 10.2 Å². The fourth-order valence-electron chi connectivity index (χ4n) is 5.41. The molecule has 2 bridgehead atoms. The van der Waals surface area contributed by atoms with Gasteiger partial charge in [0.25, 0.3) is 5.91 Å². The van der Waals surface area contributed by atoms with Crippen molar-refractivity contribution in [2.45, 2.75) is 24.8 Å². The molecular weight excluding hydrogens is 368 g/mol. The lowest BCUT2D eigenvalue weighted by Gasteiger charge is -2.45. The van der Waals surface area contributed by atoms with Gasteiger partial charge in [-0.1, -0.05) is 60.7 Å². The number of carbonyl (C=O) groups excluding carboxylic acids is 1. The maximum Gasteiger partial charge on any atom is 0.251 e. The molecule has 1 N–H and O–H groups in total. The molecule has 6 rings (SSSR count). The van der Waals surface area contributed by atoms with Crippen molar-refractivity contribution in [1.29, 1.82) is 0 Å². The van der Waals surface area contributed by atoms with E-state index in [1.54, 1.807) is 0 Å². The first-order valence-corrected chi connectivity index (χ1v) is 10.8. The first-order chi connectivity index (χ1) is 14.6. The number of hydrogen-bond acceptors (Lipinski definition) is 2. The Hall–Kier alpha value is -2.91. The van der Waals surface area contributed by atoms with Crippen molar-refractivity contribution >= 4 is 5.91 Å². The monoisotopic (exact) mass is 396 g/mol. The summed E-state index contributed by atoms with van der Waals surface area (Å²) in [5, 5.41) is 3.23. The fraction of sp³-hybridized carbons (Fsp3) is 0.296. The van der Waals surface area contributed by atoms with Gasteiger partial charge >= 0.3 is 0 Å². The Morgan fingerprint density at radius 2 is 1.43 bits per heavy atom. The zero-order valence-electron chi connectivity index (χ0n) is 17.6. The van der Waals surface area contributed by atoms with Gasteiger partial charge in [-0.2, -0.15) is 0 Å². The van der Waals surface area contributed by atoms with Crippen LogP contribution in [0.4, 0.5) is 0 Å². The second kappa shape index (κ2) is 7.73. The Morgan fingerprint density at radius 3 is 2.00 bits per heavy atom. The summed E-state index contributed by atoms with van der Waals surface area (Å²) in [6.45, 7) is 1.59. The van der Waals surface area contributed by atoms with Crippen molar-refractivity contribution in [3.8, 4) is 0 Å². The average Bonchev–Trinajstić information content (AvgIpc) is 2.78. The number of nitrogens with zero attached hydrogens (tertiary/aromatic N) is 1. The van der Waals surface area contributed by atoms with Crippen LogP contribution in [-0.2, 0) is 6.54 Å². The van der Waals surface area contributed by atoms with Gasteiger partial charge in [0, 0.05) is 30.5 Å². The highest BCUT2D eigenvalue weighted by atomic mass is 16.1. The molecule has 3 aromatic carbocycles. The molecule has 30 heavy (non-hydrogen) atoms. The molecular formula is C27H28N2O. The van der Waals surface area contributed by atoms with Crippen LogP contribution in [0.3, 0.4) is 0 Å². The molecule has 0 saturated heterocycles. The molecule has 0 aliphatic heterocycles. The van der Waals surface area contributed by atoms with Crippen LogP contribution in [0.5, 0.6) is 0 Å². The Balaban J connectivity index is 1.33. The fourth-order valence-corrected chi connectivity index (χ4v) is 5.41. The smallest absolute Gasteiger partial charge is 0.251 e. The highest BCUT2D eigenvalue weighted by molar-refractivity contribution is 5.94. The first-order valence-electron chi connectivity index (χ1n) is 10.8. The summed E-state index contributed by atoms with van der Waals surface area (Å²) in [5.74, 6) is 1.26. The lowest BCUT2D eigenvalue weighted by molar-refractivity contribution is 0.0943. The van der Waals surface area contributed by atoms with E-state index in [1.165, 1.54) is 27.8 Å². The summed E-state index contributed by atoms with van der Waals surface area (Å²) in [5.41, 5.74) is 7.79. The van der Waals surface area contributed by atoms with Gasteiger partial charge in [0.1, 0.15) is 0 Å². The maximum atomic E-state index is 12.8. The Bertz CT molecular complexity index is 1020. The van der Waals surface area contributed by atoms with Crippen LogP contribution in [0.15, 0.2) is 72.8 Å². The topological polar surface area (TPSA) is 32.3 Å². The SMILES string of the molecule is CN(C)Cc1ccc(C(=O)NCC2CC3c4ccccc4C2c2ccccc23)cc1. The lowest BCUT2D eigenvalue weighted by atomic mass is 9.59. The summed E-state index contributed by atoms with van der Waals surface area (Å²) >= 11 is 0. The normalized spacial score (nSPS) is 21.2. The number of fused-ring (bicyclic) bond motifs is 1. The number of carbonyl (C=O) groups is 1. The van der Waals surface area contributed by atoms with Crippen LogP contribution >= 0.6 is 0 Å². The summed E-state index contributed by atoms with van der Waals surface area (Å²) in [7, 11) is 4.10. The Morgan fingerprint density at radius 1 is 0.867 bits per heavy atom. The van der Waals surface area contributed by atoms with Gasteiger partial charge in [0.15, 0.2) is 0 Å². The highest BCUT2D eigenvalue weighted by Gasteiger charge is 2.42. The quantitative estimate of drug-likeness (QED) is 0.673. The van der Waals surface area contributed by atoms with E-state index in [9.17, 15) is 4.79 Å². The van der Waals surface area contributed by atoms with Gasteiger partial charge < -0.3 is 10.2 Å². The van der Waals surface area contributed by atoms with Gasteiger partial charge in [0.2, 0.25) is 0 Å². The molecule has 3 aliphatic rings. The molecule has 3 heteroatoms. The van der Waals surface area contributed by atoms with Gasteiger partial charge in [-0.3, -0.25) is 4.79 Å². The van der Waals surface area contributed by atoms with Crippen LogP contribution in [-0.4, -0.2) is 31.4 Å². The minimum atomic E-state index is 0.0226. The lowest BCUT2D eigenvalue weighted by Crippen LogP contribution is -2.39. The minimum Gasteiger partial charge on any atom is -0.352 e. The molecule has 0 spiro atoms. The Kier molecular flexibility index (Phi) is 4.92. The zero-order valence-corrected chi connectivity index (χ0v) is 17.6. The van der Waals surface area contributed by atoms with E-state index in [2.05, 4.69) is 72.8 Å². The first kappa shape index (κ1) is 19.1. The second-order valence-corrected chi connectivity index (χ2v) is 8.93. The number of amides is 1. The van der Waals surface area contributed by atoms with Crippen molar-refractivity contribution < 1.29 is 4.79 Å². The van der Waals surface area contributed by atoms with E-state index >= 15 is 0 Å². The average molecular weight is 397 g/mol. The van der Waals surface area contributed by atoms with Crippen molar-refractivity contribution in [2.75, 3.05) is 20.6 Å². The minimum absolute atomic E-state index is 0.0226. The number of rotatable bonds is 5. The van der Waals surface area contributed by atoms with E-state index in [0.29, 0.717) is 24.3 Å². The van der Waals surface area contributed by atoms with Crippen LogP contribution in [0, 0.1) is 5.92 Å². The summed E-state index contributed by atoms with van der Waals surface area (Å²) in [6.07, 6.45) is 1.10. The molecule has 1 atom stereocenters. The third-order valence-corrected chi connectivity index (χ3v) is 6.66. The molecule has 0 saturated carbocycles. The van der Waals surface area contributed by atoms with Gasteiger partial charge in [0.05, 0.1) is 0 Å². The predicted octanol–water partition coefficient (Wildman–Crippen LogP) is 4.78. The van der Waals surface area contributed by atoms with Crippen LogP contribution in [0.1, 0.15) is 56.4 Å². The van der Waals surface area contributed by atoms with E-state index in [0.717, 1.165) is 18.5 Å². The highest BCUT2D eigenvalue weighted by Crippen LogP contribution is 2.55. The summed E-state index contributed by atoms with van der Waals surface area (Å²) in [6, 6.07) is 25.7. The molecule has 1 unspecified atom stereocenters. The predicted molar refractivity (Wildman–Crippen MR) is 121 cm³/mol. The molecule has 152 valence electrons. The number of benzene rings is 3. The molecule has 0 heterocycles. The van der Waals surface area contributed by atoms with E-state index in [4.69, 9.17) is 0 Å².